The second-order valence-corrected chi connectivity index (χ2v) is 4.28. The Balaban J connectivity index is 0.00000289. The number of rotatable bonds is 4. The van der Waals surface area contributed by atoms with Gasteiger partial charge < -0.3 is 11.1 Å². The summed E-state index contributed by atoms with van der Waals surface area (Å²) < 4.78 is 49.4. The molecule has 0 heterocycles. The fourth-order valence-electron chi connectivity index (χ4n) is 2.04. The molecule has 1 aliphatic carbocycles. The van der Waals surface area contributed by atoms with Crippen molar-refractivity contribution in [2.24, 2.45) is 11.7 Å². The first kappa shape index (κ1) is 17.4. The maximum absolute atomic E-state index is 12.7. The number of hydrogen-bond acceptors (Lipinski definition) is 2. The Bertz CT molecular complexity index is 279. The molecule has 3 nitrogen and oxygen atoms in total. The van der Waals surface area contributed by atoms with Gasteiger partial charge >= 0.3 is 12.3 Å². The van der Waals surface area contributed by atoms with Gasteiger partial charge in [-0.15, -0.1) is 12.4 Å². The molecule has 3 N–H and O–H groups in total. The Morgan fingerprint density at radius 1 is 1.33 bits per heavy atom. The van der Waals surface area contributed by atoms with Gasteiger partial charge in [0.15, 0.2) is 0 Å². The van der Waals surface area contributed by atoms with Gasteiger partial charge in [-0.1, -0.05) is 12.8 Å². The molecule has 2 unspecified atom stereocenters. The Hall–Kier alpha value is -0.560. The topological polar surface area (TPSA) is 55.1 Å². The zero-order valence-electron chi connectivity index (χ0n) is 9.67. The van der Waals surface area contributed by atoms with Crippen LogP contribution in [0.2, 0.25) is 0 Å². The number of nitrogens with two attached hydrogens (primary N) is 1. The Morgan fingerprint density at radius 3 is 2.39 bits per heavy atom. The first-order chi connectivity index (χ1) is 7.89. The van der Waals surface area contributed by atoms with Gasteiger partial charge in [0, 0.05) is 6.04 Å². The van der Waals surface area contributed by atoms with E-state index in [1.807, 2.05) is 5.32 Å². The first-order valence-corrected chi connectivity index (χ1v) is 5.56. The van der Waals surface area contributed by atoms with E-state index in [1.165, 1.54) is 0 Å². The van der Waals surface area contributed by atoms with Crippen molar-refractivity contribution in [2.45, 2.75) is 44.1 Å². The van der Waals surface area contributed by atoms with Crippen molar-refractivity contribution < 1.29 is 22.4 Å². The Kier molecular flexibility index (Phi) is 6.91. The third-order valence-electron chi connectivity index (χ3n) is 3.11. The summed E-state index contributed by atoms with van der Waals surface area (Å²) in [5.74, 6) is -6.64. The lowest BCUT2D eigenvalue weighted by atomic mass is 9.84. The van der Waals surface area contributed by atoms with E-state index < -0.39 is 24.3 Å². The van der Waals surface area contributed by atoms with Gasteiger partial charge in [-0.2, -0.15) is 8.78 Å². The van der Waals surface area contributed by atoms with Crippen LogP contribution in [-0.4, -0.2) is 30.8 Å². The SMILES string of the molecule is Cl.NCC1CCCCC1NC(=O)C(F)(F)C(F)F. The summed E-state index contributed by atoms with van der Waals surface area (Å²) in [6.45, 7) is 0.255. The van der Waals surface area contributed by atoms with Crippen molar-refractivity contribution in [1.29, 1.82) is 0 Å². The predicted molar refractivity (Wildman–Crippen MR) is 61.1 cm³/mol. The average molecular weight is 293 g/mol. The highest BCUT2D eigenvalue weighted by molar-refractivity contribution is 5.85. The molecule has 0 spiro atoms. The Morgan fingerprint density at radius 2 is 1.89 bits per heavy atom. The predicted octanol–water partition coefficient (Wildman–Crippen LogP) is 1.94. The highest BCUT2D eigenvalue weighted by Gasteiger charge is 2.49. The minimum atomic E-state index is -4.63. The van der Waals surface area contributed by atoms with Gasteiger partial charge in [0.2, 0.25) is 0 Å². The summed E-state index contributed by atoms with van der Waals surface area (Å²) in [5.41, 5.74) is 5.45. The molecule has 0 aromatic heterocycles. The molecular weight excluding hydrogens is 276 g/mol. The third-order valence-corrected chi connectivity index (χ3v) is 3.11. The van der Waals surface area contributed by atoms with Crippen LogP contribution in [0.1, 0.15) is 25.7 Å². The quantitative estimate of drug-likeness (QED) is 0.778. The lowest BCUT2D eigenvalue weighted by Gasteiger charge is -2.32. The van der Waals surface area contributed by atoms with Crippen LogP contribution < -0.4 is 11.1 Å². The molecular formula is C10H17ClF4N2O. The molecule has 0 aromatic carbocycles. The number of hydrogen-bond donors (Lipinski definition) is 2. The molecule has 8 heteroatoms. The summed E-state index contributed by atoms with van der Waals surface area (Å²) >= 11 is 0. The molecule has 18 heavy (non-hydrogen) atoms. The van der Waals surface area contributed by atoms with E-state index in [0.717, 1.165) is 19.3 Å². The molecule has 0 bridgehead atoms. The van der Waals surface area contributed by atoms with Gasteiger partial charge in [-0.05, 0) is 25.3 Å². The standard InChI is InChI=1S/C10H16F4N2O.ClH/c11-8(12)10(13,14)9(17)16-7-4-2-1-3-6(7)5-15;/h6-8H,1-5,15H2,(H,16,17);1H. The molecule has 108 valence electrons. The van der Waals surface area contributed by atoms with Crippen molar-refractivity contribution in [3.8, 4) is 0 Å². The van der Waals surface area contributed by atoms with Crippen LogP contribution in [0.4, 0.5) is 17.6 Å². The largest absolute Gasteiger partial charge is 0.383 e. The van der Waals surface area contributed by atoms with Crippen LogP contribution in [0.3, 0.4) is 0 Å². The van der Waals surface area contributed by atoms with Crippen LogP contribution in [0, 0.1) is 5.92 Å². The van der Waals surface area contributed by atoms with Crippen molar-refractivity contribution in [3.63, 3.8) is 0 Å². The van der Waals surface area contributed by atoms with E-state index >= 15 is 0 Å². The lowest BCUT2D eigenvalue weighted by Crippen LogP contribution is -2.52. The number of amides is 1. The molecule has 1 saturated carbocycles. The Labute approximate surface area is 109 Å². The van der Waals surface area contributed by atoms with Crippen molar-refractivity contribution in [2.75, 3.05) is 6.54 Å². The summed E-state index contributed by atoms with van der Waals surface area (Å²) in [4.78, 5) is 11.1. The van der Waals surface area contributed by atoms with E-state index in [4.69, 9.17) is 5.73 Å². The van der Waals surface area contributed by atoms with Crippen LogP contribution in [0.15, 0.2) is 0 Å². The zero-order valence-corrected chi connectivity index (χ0v) is 10.5. The fourth-order valence-corrected chi connectivity index (χ4v) is 2.04. The van der Waals surface area contributed by atoms with E-state index in [-0.39, 0.29) is 24.9 Å². The fraction of sp³-hybridized carbons (Fsp3) is 0.900. The second kappa shape index (κ2) is 7.13. The first-order valence-electron chi connectivity index (χ1n) is 5.56. The van der Waals surface area contributed by atoms with E-state index in [9.17, 15) is 22.4 Å². The van der Waals surface area contributed by atoms with Gasteiger partial charge in [-0.25, -0.2) is 8.78 Å². The summed E-state index contributed by atoms with van der Waals surface area (Å²) in [7, 11) is 0. The molecule has 1 rings (SSSR count). The van der Waals surface area contributed by atoms with Crippen LogP contribution in [-0.2, 0) is 4.79 Å². The van der Waals surface area contributed by atoms with Crippen LogP contribution in [0.5, 0.6) is 0 Å². The number of alkyl halides is 4. The van der Waals surface area contributed by atoms with Crippen molar-refractivity contribution in [3.05, 3.63) is 0 Å². The highest BCUT2D eigenvalue weighted by atomic mass is 35.5. The monoisotopic (exact) mass is 292 g/mol. The molecule has 1 aliphatic rings. The average Bonchev–Trinajstić information content (AvgIpc) is 2.29. The molecule has 0 aliphatic heterocycles. The maximum Gasteiger partial charge on any atom is 0.383 e. The second-order valence-electron chi connectivity index (χ2n) is 4.28. The normalized spacial score (nSPS) is 24.6. The van der Waals surface area contributed by atoms with E-state index in [1.54, 1.807) is 0 Å². The van der Waals surface area contributed by atoms with E-state index in [0.29, 0.717) is 6.42 Å². The van der Waals surface area contributed by atoms with Gasteiger partial charge in [0.25, 0.3) is 5.91 Å². The van der Waals surface area contributed by atoms with Gasteiger partial charge in [-0.3, -0.25) is 4.79 Å². The molecule has 0 saturated heterocycles. The number of carbonyl (C=O) groups is 1. The van der Waals surface area contributed by atoms with Crippen LogP contribution >= 0.6 is 12.4 Å². The summed E-state index contributed by atoms with van der Waals surface area (Å²) in [6, 6.07) is -0.522. The van der Waals surface area contributed by atoms with E-state index in [2.05, 4.69) is 0 Å². The van der Waals surface area contributed by atoms with Gasteiger partial charge in [0.05, 0.1) is 0 Å². The minimum Gasteiger partial charge on any atom is -0.348 e. The summed E-state index contributed by atoms with van der Waals surface area (Å²) in [5, 5.41) is 1.99. The van der Waals surface area contributed by atoms with Crippen molar-refractivity contribution in [1.82, 2.24) is 5.32 Å². The molecule has 1 fully saturated rings. The number of halogens is 5. The minimum absolute atomic E-state index is 0. The smallest absolute Gasteiger partial charge is 0.348 e. The lowest BCUT2D eigenvalue weighted by molar-refractivity contribution is -0.170. The third kappa shape index (κ3) is 3.98. The molecule has 0 aromatic rings. The molecule has 1 amide bonds. The van der Waals surface area contributed by atoms with Crippen LogP contribution in [0.25, 0.3) is 0 Å². The number of carbonyl (C=O) groups excluding carboxylic acids is 1. The number of nitrogens with one attached hydrogen (secondary N) is 1. The van der Waals surface area contributed by atoms with Gasteiger partial charge in [0.1, 0.15) is 0 Å². The molecule has 0 radical (unpaired) electrons. The molecule has 2 atom stereocenters. The summed E-state index contributed by atoms with van der Waals surface area (Å²) in [6.07, 6.45) is -1.06. The maximum atomic E-state index is 12.7. The van der Waals surface area contributed by atoms with Crippen molar-refractivity contribution >= 4 is 18.3 Å². The highest BCUT2D eigenvalue weighted by Crippen LogP contribution is 2.27. The zero-order chi connectivity index (χ0) is 13.1.